The molecule has 0 bridgehead atoms. The van der Waals surface area contributed by atoms with Crippen LogP contribution in [0.1, 0.15) is 28.7 Å². The maximum absolute atomic E-state index is 4.26. The van der Waals surface area contributed by atoms with Crippen LogP contribution in [0, 0.1) is 6.92 Å². The number of aryl methyl sites for hydroxylation is 3. The summed E-state index contributed by atoms with van der Waals surface area (Å²) in [5, 5.41) is 0. The molecule has 0 saturated carbocycles. The van der Waals surface area contributed by atoms with E-state index in [1.165, 1.54) is 47.2 Å². The molecular weight excluding hydrogens is 242 g/mol. The molecule has 3 rings (SSSR count). The first-order valence-corrected chi connectivity index (χ1v) is 7.26. The van der Waals surface area contributed by atoms with E-state index in [4.69, 9.17) is 0 Å². The van der Waals surface area contributed by atoms with Gasteiger partial charge in [-0.25, -0.2) is 0 Å². The van der Waals surface area contributed by atoms with E-state index in [0.717, 1.165) is 5.70 Å². The summed E-state index contributed by atoms with van der Waals surface area (Å²) in [7, 11) is 2.10. The molecule has 1 heteroatoms. The molecule has 2 aromatic carbocycles. The van der Waals surface area contributed by atoms with Gasteiger partial charge in [-0.05, 0) is 61.1 Å². The quantitative estimate of drug-likeness (QED) is 0.783. The molecule has 0 N–H and O–H groups in total. The van der Waals surface area contributed by atoms with Gasteiger partial charge in [-0.15, -0.1) is 0 Å². The highest BCUT2D eigenvalue weighted by Crippen LogP contribution is 2.29. The summed E-state index contributed by atoms with van der Waals surface area (Å²) in [5.41, 5.74) is 7.76. The van der Waals surface area contributed by atoms with Crippen LogP contribution in [0.4, 0.5) is 5.69 Å². The van der Waals surface area contributed by atoms with Gasteiger partial charge in [0.05, 0.1) is 0 Å². The number of anilines is 1. The molecule has 0 atom stereocenters. The van der Waals surface area contributed by atoms with Crippen molar-refractivity contribution in [3.63, 3.8) is 0 Å². The summed E-state index contributed by atoms with van der Waals surface area (Å²) in [5.74, 6) is 0. The minimum atomic E-state index is 1.05. The van der Waals surface area contributed by atoms with Crippen molar-refractivity contribution in [3.8, 4) is 0 Å². The molecule has 2 aromatic rings. The third-order valence-corrected chi connectivity index (χ3v) is 4.23. The van der Waals surface area contributed by atoms with Crippen LogP contribution in [-0.2, 0) is 12.8 Å². The fraction of sp³-hybridized carbons (Fsp3) is 0.263. The van der Waals surface area contributed by atoms with Crippen LogP contribution in [0.25, 0.3) is 5.70 Å². The molecule has 0 fully saturated rings. The molecule has 0 saturated heterocycles. The highest BCUT2D eigenvalue weighted by atomic mass is 15.1. The van der Waals surface area contributed by atoms with Gasteiger partial charge < -0.3 is 4.90 Å². The van der Waals surface area contributed by atoms with Crippen molar-refractivity contribution in [2.45, 2.75) is 26.2 Å². The first-order valence-electron chi connectivity index (χ1n) is 7.26. The van der Waals surface area contributed by atoms with Crippen LogP contribution < -0.4 is 4.90 Å². The molecule has 0 aromatic heterocycles. The number of benzene rings is 2. The van der Waals surface area contributed by atoms with Crippen molar-refractivity contribution in [3.05, 3.63) is 71.3 Å². The minimum Gasteiger partial charge on any atom is -0.345 e. The normalized spacial score (nSPS) is 13.1. The molecule has 1 aliphatic carbocycles. The smallest absolute Gasteiger partial charge is 0.0411 e. The Balaban J connectivity index is 1.88. The maximum atomic E-state index is 4.26. The van der Waals surface area contributed by atoms with E-state index in [1.54, 1.807) is 0 Å². The highest BCUT2D eigenvalue weighted by molar-refractivity contribution is 5.78. The highest BCUT2D eigenvalue weighted by Gasteiger charge is 2.13. The number of hydrogen-bond acceptors (Lipinski definition) is 1. The number of rotatable bonds is 3. The molecule has 0 aliphatic heterocycles. The van der Waals surface area contributed by atoms with E-state index in [-0.39, 0.29) is 0 Å². The lowest BCUT2D eigenvalue weighted by molar-refractivity contribution is 0.911. The van der Waals surface area contributed by atoms with Gasteiger partial charge in [-0.1, -0.05) is 36.4 Å². The molecule has 1 nitrogen and oxygen atoms in total. The van der Waals surface area contributed by atoms with E-state index < -0.39 is 0 Å². The Hall–Kier alpha value is -2.02. The van der Waals surface area contributed by atoms with Gasteiger partial charge in [0.25, 0.3) is 0 Å². The Morgan fingerprint density at radius 3 is 2.65 bits per heavy atom. The van der Waals surface area contributed by atoms with E-state index in [1.807, 2.05) is 0 Å². The molecule has 0 unspecified atom stereocenters. The van der Waals surface area contributed by atoms with E-state index in [9.17, 15) is 0 Å². The van der Waals surface area contributed by atoms with Gasteiger partial charge in [0.15, 0.2) is 0 Å². The Kier molecular flexibility index (Phi) is 3.35. The average Bonchev–Trinajstić information content (AvgIpc) is 2.93. The summed E-state index contributed by atoms with van der Waals surface area (Å²) in [4.78, 5) is 2.19. The molecule has 0 amide bonds. The fourth-order valence-electron chi connectivity index (χ4n) is 2.94. The summed E-state index contributed by atoms with van der Waals surface area (Å²) >= 11 is 0. The second-order valence-corrected chi connectivity index (χ2v) is 5.68. The van der Waals surface area contributed by atoms with Crippen molar-refractivity contribution >= 4 is 11.4 Å². The Morgan fingerprint density at radius 2 is 1.85 bits per heavy atom. The average molecular weight is 263 g/mol. The van der Waals surface area contributed by atoms with Crippen molar-refractivity contribution in [1.29, 1.82) is 0 Å². The van der Waals surface area contributed by atoms with Gasteiger partial charge in [0.1, 0.15) is 0 Å². The molecule has 0 heterocycles. The molecule has 102 valence electrons. The van der Waals surface area contributed by atoms with Crippen LogP contribution in [0.2, 0.25) is 0 Å². The monoisotopic (exact) mass is 263 g/mol. The summed E-state index contributed by atoms with van der Waals surface area (Å²) in [6, 6.07) is 15.3. The van der Waals surface area contributed by atoms with Gasteiger partial charge in [-0.3, -0.25) is 0 Å². The van der Waals surface area contributed by atoms with Crippen molar-refractivity contribution in [1.82, 2.24) is 0 Å². The van der Waals surface area contributed by atoms with E-state index >= 15 is 0 Å². The van der Waals surface area contributed by atoms with Crippen LogP contribution in [0.3, 0.4) is 0 Å². The minimum absolute atomic E-state index is 1.05. The topological polar surface area (TPSA) is 3.24 Å². The van der Waals surface area contributed by atoms with Crippen molar-refractivity contribution < 1.29 is 0 Å². The van der Waals surface area contributed by atoms with Crippen LogP contribution in [-0.4, -0.2) is 7.05 Å². The third-order valence-electron chi connectivity index (χ3n) is 4.23. The first-order chi connectivity index (χ1) is 9.65. The van der Waals surface area contributed by atoms with Crippen LogP contribution >= 0.6 is 0 Å². The Labute approximate surface area is 121 Å². The van der Waals surface area contributed by atoms with Crippen molar-refractivity contribution in [2.24, 2.45) is 0 Å². The fourth-order valence-corrected chi connectivity index (χ4v) is 2.94. The zero-order chi connectivity index (χ0) is 14.1. The summed E-state index contributed by atoms with van der Waals surface area (Å²) in [6.07, 6.45) is 3.74. The van der Waals surface area contributed by atoms with E-state index in [0.29, 0.717) is 0 Å². The second-order valence-electron chi connectivity index (χ2n) is 5.68. The maximum Gasteiger partial charge on any atom is 0.0411 e. The zero-order valence-corrected chi connectivity index (χ0v) is 12.3. The molecule has 20 heavy (non-hydrogen) atoms. The molecule has 0 radical (unpaired) electrons. The lowest BCUT2D eigenvalue weighted by Crippen LogP contribution is -2.14. The van der Waals surface area contributed by atoms with Gasteiger partial charge >= 0.3 is 0 Å². The summed E-state index contributed by atoms with van der Waals surface area (Å²) < 4.78 is 0. The largest absolute Gasteiger partial charge is 0.345 e. The molecular formula is C19H21N. The van der Waals surface area contributed by atoms with Gasteiger partial charge in [0, 0.05) is 18.4 Å². The first kappa shape index (κ1) is 13.0. The number of nitrogens with zero attached hydrogens (tertiary/aromatic N) is 1. The van der Waals surface area contributed by atoms with Crippen LogP contribution in [0.15, 0.2) is 49.0 Å². The van der Waals surface area contributed by atoms with Crippen LogP contribution in [0.5, 0.6) is 0 Å². The molecule has 1 aliphatic rings. The number of hydrogen-bond donors (Lipinski definition) is 0. The standard InChI is InChI=1S/C19H21N/c1-14-6-4-8-17(12-14)15(2)20(3)19-11-10-16-7-5-9-18(16)13-19/h4,6,8,10-13H,2,5,7,9H2,1,3H3. The third kappa shape index (κ3) is 2.36. The number of fused-ring (bicyclic) bond motifs is 1. The second kappa shape index (κ2) is 5.16. The van der Waals surface area contributed by atoms with Crippen molar-refractivity contribution in [2.75, 3.05) is 11.9 Å². The SMILES string of the molecule is C=C(c1cccc(C)c1)N(C)c1ccc2c(c1)CCC2. The Morgan fingerprint density at radius 1 is 1.05 bits per heavy atom. The lowest BCUT2D eigenvalue weighted by atomic mass is 10.1. The summed E-state index contributed by atoms with van der Waals surface area (Å²) in [6.45, 7) is 6.38. The molecule has 0 spiro atoms. The predicted octanol–water partition coefficient (Wildman–Crippen LogP) is 4.59. The van der Waals surface area contributed by atoms with Gasteiger partial charge in [-0.2, -0.15) is 0 Å². The van der Waals surface area contributed by atoms with Gasteiger partial charge in [0.2, 0.25) is 0 Å². The van der Waals surface area contributed by atoms with E-state index in [2.05, 4.69) is 67.9 Å². The lowest BCUT2D eigenvalue weighted by Gasteiger charge is -2.23. The predicted molar refractivity (Wildman–Crippen MR) is 87.1 cm³/mol. The Bertz CT molecular complexity index is 655. The zero-order valence-electron chi connectivity index (χ0n) is 12.3.